The molecule has 0 saturated heterocycles. The molecule has 0 aromatic heterocycles. The Morgan fingerprint density at radius 1 is 0.692 bits per heavy atom. The molecule has 26 heavy (non-hydrogen) atoms. The standard InChI is InChI=1S/C25H23N/c1-26(19-23-14-7-13-21-10-3-5-17-25(21)23)18-8-15-22-12-6-11-20-9-2-4-16-24(20)22/h2-17H,18-19H2,1H3/b15-8+. The molecule has 128 valence electrons. The third kappa shape index (κ3) is 3.54. The molecule has 0 amide bonds. The van der Waals surface area contributed by atoms with Crippen LogP contribution in [0.4, 0.5) is 0 Å². The Bertz CT molecular complexity index is 1050. The van der Waals surface area contributed by atoms with E-state index in [9.17, 15) is 0 Å². The average molecular weight is 337 g/mol. The second-order valence-corrected chi connectivity index (χ2v) is 6.81. The topological polar surface area (TPSA) is 3.24 Å². The first-order valence-corrected chi connectivity index (χ1v) is 9.11. The summed E-state index contributed by atoms with van der Waals surface area (Å²) in [5.41, 5.74) is 2.66. The maximum Gasteiger partial charge on any atom is 0.0240 e. The van der Waals surface area contributed by atoms with Crippen LogP contribution < -0.4 is 0 Å². The quantitative estimate of drug-likeness (QED) is 0.423. The summed E-state index contributed by atoms with van der Waals surface area (Å²) in [6, 6.07) is 30.2. The highest BCUT2D eigenvalue weighted by Crippen LogP contribution is 2.21. The molecule has 4 aromatic carbocycles. The molecular formula is C25H23N. The Morgan fingerprint density at radius 2 is 1.31 bits per heavy atom. The summed E-state index contributed by atoms with van der Waals surface area (Å²) in [4.78, 5) is 2.35. The maximum absolute atomic E-state index is 2.35. The van der Waals surface area contributed by atoms with Crippen LogP contribution in [0, 0.1) is 0 Å². The molecule has 1 nitrogen and oxygen atoms in total. The van der Waals surface area contributed by atoms with Gasteiger partial charge < -0.3 is 0 Å². The van der Waals surface area contributed by atoms with Gasteiger partial charge in [-0.05, 0) is 39.7 Å². The first kappa shape index (κ1) is 16.6. The fourth-order valence-corrected chi connectivity index (χ4v) is 3.54. The van der Waals surface area contributed by atoms with Crippen molar-refractivity contribution in [3.8, 4) is 0 Å². The normalized spacial score (nSPS) is 11.8. The Kier molecular flexibility index (Phi) is 4.81. The number of nitrogens with zero attached hydrogens (tertiary/aromatic N) is 1. The zero-order chi connectivity index (χ0) is 17.8. The van der Waals surface area contributed by atoms with Crippen molar-refractivity contribution in [3.63, 3.8) is 0 Å². The molecule has 0 spiro atoms. The van der Waals surface area contributed by atoms with Gasteiger partial charge in [-0.15, -0.1) is 0 Å². The molecule has 0 heterocycles. The van der Waals surface area contributed by atoms with Crippen LogP contribution >= 0.6 is 0 Å². The highest BCUT2D eigenvalue weighted by Gasteiger charge is 2.03. The first-order chi connectivity index (χ1) is 12.8. The second kappa shape index (κ2) is 7.55. The van der Waals surface area contributed by atoms with Crippen molar-refractivity contribution in [1.29, 1.82) is 0 Å². The van der Waals surface area contributed by atoms with Gasteiger partial charge in [-0.1, -0.05) is 97.1 Å². The van der Waals surface area contributed by atoms with Crippen molar-refractivity contribution in [3.05, 3.63) is 102 Å². The van der Waals surface area contributed by atoms with E-state index in [-0.39, 0.29) is 0 Å². The lowest BCUT2D eigenvalue weighted by molar-refractivity contribution is 0.365. The fraction of sp³-hybridized carbons (Fsp3) is 0.120. The summed E-state index contributed by atoms with van der Waals surface area (Å²) < 4.78 is 0. The van der Waals surface area contributed by atoms with Crippen LogP contribution in [-0.4, -0.2) is 18.5 Å². The van der Waals surface area contributed by atoms with E-state index in [4.69, 9.17) is 0 Å². The highest BCUT2D eigenvalue weighted by atomic mass is 15.1. The molecule has 0 aliphatic carbocycles. The van der Waals surface area contributed by atoms with Gasteiger partial charge in [-0.25, -0.2) is 0 Å². The number of likely N-dealkylation sites (N-methyl/N-ethyl adjacent to an activating group) is 1. The van der Waals surface area contributed by atoms with E-state index in [1.54, 1.807) is 0 Å². The molecule has 0 unspecified atom stereocenters. The van der Waals surface area contributed by atoms with Gasteiger partial charge in [-0.3, -0.25) is 4.90 Å². The zero-order valence-electron chi connectivity index (χ0n) is 15.1. The number of hydrogen-bond donors (Lipinski definition) is 0. The van der Waals surface area contributed by atoms with Crippen molar-refractivity contribution in [2.24, 2.45) is 0 Å². The van der Waals surface area contributed by atoms with Crippen LogP contribution in [0.3, 0.4) is 0 Å². The van der Waals surface area contributed by atoms with Gasteiger partial charge >= 0.3 is 0 Å². The van der Waals surface area contributed by atoms with Gasteiger partial charge in [0.2, 0.25) is 0 Å². The van der Waals surface area contributed by atoms with Gasteiger partial charge in [0, 0.05) is 13.1 Å². The van der Waals surface area contributed by atoms with E-state index in [1.165, 1.54) is 32.7 Å². The predicted octanol–water partition coefficient (Wildman–Crippen LogP) is 6.14. The third-order valence-corrected chi connectivity index (χ3v) is 4.86. The summed E-state index contributed by atoms with van der Waals surface area (Å²) in [6.07, 6.45) is 4.49. The Balaban J connectivity index is 1.48. The van der Waals surface area contributed by atoms with E-state index < -0.39 is 0 Å². The lowest BCUT2D eigenvalue weighted by Gasteiger charge is -2.16. The monoisotopic (exact) mass is 337 g/mol. The van der Waals surface area contributed by atoms with Crippen LogP contribution in [0.25, 0.3) is 27.6 Å². The Labute approximate surface area is 155 Å². The van der Waals surface area contributed by atoms with Crippen molar-refractivity contribution in [1.82, 2.24) is 4.90 Å². The zero-order valence-corrected chi connectivity index (χ0v) is 15.1. The van der Waals surface area contributed by atoms with Crippen LogP contribution in [0.5, 0.6) is 0 Å². The summed E-state index contributed by atoms with van der Waals surface area (Å²) in [7, 11) is 2.18. The van der Waals surface area contributed by atoms with Gasteiger partial charge in [0.25, 0.3) is 0 Å². The molecule has 0 aliphatic heterocycles. The minimum Gasteiger partial charge on any atom is -0.298 e. The summed E-state index contributed by atoms with van der Waals surface area (Å²) in [5.74, 6) is 0. The molecule has 1 heteroatoms. The van der Waals surface area contributed by atoms with E-state index in [1.807, 2.05) is 0 Å². The largest absolute Gasteiger partial charge is 0.298 e. The Morgan fingerprint density at radius 3 is 2.12 bits per heavy atom. The van der Waals surface area contributed by atoms with Gasteiger partial charge in [0.15, 0.2) is 0 Å². The predicted molar refractivity (Wildman–Crippen MR) is 113 cm³/mol. The van der Waals surface area contributed by atoms with E-state index >= 15 is 0 Å². The number of benzene rings is 4. The first-order valence-electron chi connectivity index (χ1n) is 9.11. The molecule has 0 aliphatic rings. The average Bonchev–Trinajstić information content (AvgIpc) is 2.68. The summed E-state index contributed by atoms with van der Waals surface area (Å²) in [5, 5.41) is 5.26. The van der Waals surface area contributed by atoms with Crippen molar-refractivity contribution in [2.75, 3.05) is 13.6 Å². The van der Waals surface area contributed by atoms with Crippen molar-refractivity contribution in [2.45, 2.75) is 6.54 Å². The fourth-order valence-electron chi connectivity index (χ4n) is 3.54. The van der Waals surface area contributed by atoms with Crippen LogP contribution in [0.2, 0.25) is 0 Å². The molecule has 0 radical (unpaired) electrons. The lowest BCUT2D eigenvalue weighted by Crippen LogP contribution is -2.17. The van der Waals surface area contributed by atoms with E-state index in [0.717, 1.165) is 13.1 Å². The molecule has 4 rings (SSSR count). The van der Waals surface area contributed by atoms with Gasteiger partial charge in [0.1, 0.15) is 0 Å². The Hall–Kier alpha value is -2.90. The molecule has 4 aromatic rings. The molecule has 0 saturated carbocycles. The summed E-state index contributed by atoms with van der Waals surface area (Å²) in [6.45, 7) is 1.87. The van der Waals surface area contributed by atoms with Gasteiger partial charge in [0.05, 0.1) is 0 Å². The molecule has 0 N–H and O–H groups in total. The SMILES string of the molecule is CN(C/C=C/c1cccc2ccccc12)Cc1cccc2ccccc12. The smallest absolute Gasteiger partial charge is 0.0240 e. The van der Waals surface area contributed by atoms with Crippen molar-refractivity contribution >= 4 is 27.6 Å². The molecular weight excluding hydrogens is 314 g/mol. The lowest BCUT2D eigenvalue weighted by atomic mass is 10.0. The van der Waals surface area contributed by atoms with Crippen LogP contribution in [-0.2, 0) is 6.54 Å². The summed E-state index contributed by atoms with van der Waals surface area (Å²) >= 11 is 0. The number of rotatable bonds is 5. The molecule has 0 fully saturated rings. The van der Waals surface area contributed by atoms with Crippen LogP contribution in [0.15, 0.2) is 91.0 Å². The van der Waals surface area contributed by atoms with E-state index in [0.29, 0.717) is 0 Å². The maximum atomic E-state index is 2.35. The number of fused-ring (bicyclic) bond motifs is 2. The van der Waals surface area contributed by atoms with Gasteiger partial charge in [-0.2, -0.15) is 0 Å². The third-order valence-electron chi connectivity index (χ3n) is 4.86. The minimum atomic E-state index is 0.923. The molecule has 0 atom stereocenters. The number of hydrogen-bond acceptors (Lipinski definition) is 1. The second-order valence-electron chi connectivity index (χ2n) is 6.81. The van der Waals surface area contributed by atoms with Crippen molar-refractivity contribution < 1.29 is 0 Å². The highest BCUT2D eigenvalue weighted by molar-refractivity contribution is 5.90. The van der Waals surface area contributed by atoms with E-state index in [2.05, 4.69) is 109 Å². The minimum absolute atomic E-state index is 0.923. The van der Waals surface area contributed by atoms with Crippen LogP contribution in [0.1, 0.15) is 11.1 Å². The molecule has 0 bridgehead atoms.